The molecule has 94 valence electrons. The highest BCUT2D eigenvalue weighted by molar-refractivity contribution is 7.10. The van der Waals surface area contributed by atoms with Crippen molar-refractivity contribution in [2.24, 2.45) is 0 Å². The fraction of sp³-hybridized carbons (Fsp3) is 0.357. The summed E-state index contributed by atoms with van der Waals surface area (Å²) < 4.78 is 0. The van der Waals surface area contributed by atoms with Crippen LogP contribution in [0.4, 0.5) is 0 Å². The third-order valence-electron chi connectivity index (χ3n) is 2.68. The quantitative estimate of drug-likeness (QED) is 0.711. The lowest BCUT2D eigenvalue weighted by atomic mass is 10.3. The molecule has 0 saturated heterocycles. The Morgan fingerprint density at radius 2 is 1.67 bits per heavy atom. The zero-order chi connectivity index (χ0) is 12.6. The Hall–Kier alpha value is -1.15. The van der Waals surface area contributed by atoms with Crippen molar-refractivity contribution in [1.82, 2.24) is 4.90 Å². The Bertz CT molecular complexity index is 432. The molecule has 0 atom stereocenters. The summed E-state index contributed by atoms with van der Waals surface area (Å²) in [7, 11) is 0. The highest BCUT2D eigenvalue weighted by atomic mass is 32.1. The molecule has 0 aliphatic carbocycles. The summed E-state index contributed by atoms with van der Waals surface area (Å²) in [5.41, 5.74) is 0. The summed E-state index contributed by atoms with van der Waals surface area (Å²) in [4.78, 5) is 5.21. The first-order valence-corrected chi connectivity index (χ1v) is 7.78. The molecule has 0 N–H and O–H groups in total. The van der Waals surface area contributed by atoms with Gasteiger partial charge in [0.25, 0.3) is 0 Å². The molecule has 0 bridgehead atoms. The van der Waals surface area contributed by atoms with E-state index in [2.05, 4.69) is 46.0 Å². The normalized spacial score (nSPS) is 10.7. The van der Waals surface area contributed by atoms with Crippen molar-refractivity contribution in [1.29, 1.82) is 5.26 Å². The van der Waals surface area contributed by atoms with Gasteiger partial charge >= 0.3 is 0 Å². The minimum absolute atomic E-state index is 0.644. The Morgan fingerprint density at radius 3 is 2.11 bits per heavy atom. The molecule has 0 aliphatic heterocycles. The lowest BCUT2D eigenvalue weighted by Gasteiger charge is -2.20. The molecule has 0 aliphatic rings. The summed E-state index contributed by atoms with van der Waals surface area (Å²) >= 11 is 3.60. The predicted octanol–water partition coefficient (Wildman–Crippen LogP) is 4.12. The Labute approximate surface area is 116 Å². The first-order chi connectivity index (χ1) is 8.88. The average molecular weight is 276 g/mol. The molecule has 2 aromatic rings. The van der Waals surface area contributed by atoms with Gasteiger partial charge in [0.2, 0.25) is 0 Å². The first-order valence-electron chi connectivity index (χ1n) is 6.02. The van der Waals surface area contributed by atoms with Crippen molar-refractivity contribution in [3.05, 3.63) is 44.8 Å². The lowest BCUT2D eigenvalue weighted by molar-refractivity contribution is 0.259. The second-order valence-electron chi connectivity index (χ2n) is 4.13. The molecule has 0 amide bonds. The summed E-state index contributed by atoms with van der Waals surface area (Å²) in [6.45, 7) is 2.96. The van der Waals surface area contributed by atoms with Crippen molar-refractivity contribution in [3.63, 3.8) is 0 Å². The van der Waals surface area contributed by atoms with Gasteiger partial charge in [0, 0.05) is 29.3 Å². The van der Waals surface area contributed by atoms with Crippen LogP contribution in [0, 0.1) is 11.3 Å². The van der Waals surface area contributed by atoms with Crippen LogP contribution in [0.2, 0.25) is 0 Å². The second kappa shape index (κ2) is 7.32. The fourth-order valence-corrected chi connectivity index (χ4v) is 3.33. The van der Waals surface area contributed by atoms with Gasteiger partial charge in [-0.2, -0.15) is 5.26 Å². The van der Waals surface area contributed by atoms with E-state index < -0.39 is 0 Å². The molecule has 4 heteroatoms. The van der Waals surface area contributed by atoms with Gasteiger partial charge in [0.15, 0.2) is 0 Å². The molecular formula is C14H16N2S2. The van der Waals surface area contributed by atoms with E-state index in [1.54, 1.807) is 22.7 Å². The molecule has 0 fully saturated rings. The number of nitrogens with zero attached hydrogens (tertiary/aromatic N) is 2. The van der Waals surface area contributed by atoms with E-state index in [9.17, 15) is 0 Å². The number of unbranched alkanes of at least 4 members (excludes halogenated alkanes) is 1. The maximum absolute atomic E-state index is 8.63. The molecule has 2 nitrogen and oxygen atoms in total. The summed E-state index contributed by atoms with van der Waals surface area (Å²) in [6, 6.07) is 10.8. The van der Waals surface area contributed by atoms with E-state index in [0.717, 1.165) is 26.1 Å². The van der Waals surface area contributed by atoms with E-state index in [1.165, 1.54) is 9.75 Å². The molecule has 0 saturated carbocycles. The Morgan fingerprint density at radius 1 is 1.06 bits per heavy atom. The highest BCUT2D eigenvalue weighted by Gasteiger charge is 2.08. The van der Waals surface area contributed by atoms with Gasteiger partial charge in [-0.15, -0.1) is 22.7 Å². The SMILES string of the molecule is N#CCCCN(Cc1cccs1)Cc1cccs1. The smallest absolute Gasteiger partial charge is 0.0622 e. The van der Waals surface area contributed by atoms with Gasteiger partial charge < -0.3 is 0 Å². The van der Waals surface area contributed by atoms with Gasteiger partial charge in [-0.3, -0.25) is 4.90 Å². The number of nitriles is 1. The highest BCUT2D eigenvalue weighted by Crippen LogP contribution is 2.17. The van der Waals surface area contributed by atoms with Crippen LogP contribution in [0.25, 0.3) is 0 Å². The van der Waals surface area contributed by atoms with Gasteiger partial charge in [-0.25, -0.2) is 0 Å². The van der Waals surface area contributed by atoms with Crippen LogP contribution in [0.5, 0.6) is 0 Å². The Balaban J connectivity index is 1.91. The van der Waals surface area contributed by atoms with Crippen LogP contribution in [0.15, 0.2) is 35.0 Å². The topological polar surface area (TPSA) is 27.0 Å². The van der Waals surface area contributed by atoms with Crippen LogP contribution in [0.1, 0.15) is 22.6 Å². The standard InChI is InChI=1S/C14H16N2S2/c15-7-1-2-8-16(11-13-5-3-9-17-13)12-14-6-4-10-18-14/h3-6,9-10H,1-2,8,11-12H2. The largest absolute Gasteiger partial charge is 0.293 e. The van der Waals surface area contributed by atoms with E-state index >= 15 is 0 Å². The van der Waals surface area contributed by atoms with E-state index in [0.29, 0.717) is 6.42 Å². The maximum atomic E-state index is 8.63. The molecule has 18 heavy (non-hydrogen) atoms. The number of hydrogen-bond donors (Lipinski definition) is 0. The number of rotatable bonds is 7. The third kappa shape index (κ3) is 4.26. The van der Waals surface area contributed by atoms with Crippen LogP contribution < -0.4 is 0 Å². The van der Waals surface area contributed by atoms with Crippen LogP contribution in [-0.2, 0) is 13.1 Å². The van der Waals surface area contributed by atoms with Crippen LogP contribution >= 0.6 is 22.7 Å². The van der Waals surface area contributed by atoms with Crippen LogP contribution in [-0.4, -0.2) is 11.4 Å². The minimum atomic E-state index is 0.644. The molecule has 0 spiro atoms. The molecular weight excluding hydrogens is 260 g/mol. The Kier molecular flexibility index (Phi) is 5.40. The molecule has 2 heterocycles. The molecule has 0 aromatic carbocycles. The maximum Gasteiger partial charge on any atom is 0.0622 e. The van der Waals surface area contributed by atoms with Crippen molar-refractivity contribution in [2.75, 3.05) is 6.54 Å². The fourth-order valence-electron chi connectivity index (χ4n) is 1.84. The van der Waals surface area contributed by atoms with E-state index in [-0.39, 0.29) is 0 Å². The number of thiophene rings is 2. The average Bonchev–Trinajstić information content (AvgIpc) is 3.02. The van der Waals surface area contributed by atoms with Crippen molar-refractivity contribution >= 4 is 22.7 Å². The van der Waals surface area contributed by atoms with Gasteiger partial charge in [0.05, 0.1) is 6.07 Å². The van der Waals surface area contributed by atoms with E-state index in [4.69, 9.17) is 5.26 Å². The lowest BCUT2D eigenvalue weighted by Crippen LogP contribution is -2.23. The molecule has 2 rings (SSSR count). The number of hydrogen-bond acceptors (Lipinski definition) is 4. The zero-order valence-electron chi connectivity index (χ0n) is 10.2. The third-order valence-corrected chi connectivity index (χ3v) is 4.40. The van der Waals surface area contributed by atoms with Gasteiger partial charge in [-0.1, -0.05) is 12.1 Å². The zero-order valence-corrected chi connectivity index (χ0v) is 11.8. The van der Waals surface area contributed by atoms with Crippen molar-refractivity contribution < 1.29 is 0 Å². The van der Waals surface area contributed by atoms with Crippen molar-refractivity contribution in [2.45, 2.75) is 25.9 Å². The summed E-state index contributed by atoms with van der Waals surface area (Å²) in [5, 5.41) is 12.9. The summed E-state index contributed by atoms with van der Waals surface area (Å²) in [6.07, 6.45) is 1.60. The minimum Gasteiger partial charge on any atom is -0.293 e. The summed E-state index contributed by atoms with van der Waals surface area (Å²) in [5.74, 6) is 0. The van der Waals surface area contributed by atoms with Crippen LogP contribution in [0.3, 0.4) is 0 Å². The molecule has 0 unspecified atom stereocenters. The predicted molar refractivity (Wildman–Crippen MR) is 77.6 cm³/mol. The van der Waals surface area contributed by atoms with Gasteiger partial charge in [0.1, 0.15) is 0 Å². The van der Waals surface area contributed by atoms with Gasteiger partial charge in [-0.05, 0) is 35.9 Å². The molecule has 0 radical (unpaired) electrons. The van der Waals surface area contributed by atoms with Crippen molar-refractivity contribution in [3.8, 4) is 6.07 Å². The molecule has 2 aromatic heterocycles. The second-order valence-corrected chi connectivity index (χ2v) is 6.20. The first kappa shape index (κ1) is 13.3. The monoisotopic (exact) mass is 276 g/mol. The van der Waals surface area contributed by atoms with E-state index in [1.807, 2.05) is 0 Å².